The van der Waals surface area contributed by atoms with Gasteiger partial charge in [-0.2, -0.15) is 0 Å². The Bertz CT molecular complexity index is 2890. The minimum Gasteiger partial charge on any atom is -0.309 e. The number of hydrogen-bond acceptors (Lipinski definition) is 2. The molecule has 0 saturated heterocycles. The van der Waals surface area contributed by atoms with Crippen LogP contribution in [0.3, 0.4) is 0 Å². The molecule has 0 aliphatic carbocycles. The third-order valence-electron chi connectivity index (χ3n) is 9.62. The van der Waals surface area contributed by atoms with E-state index in [2.05, 4.69) is 143 Å². The quantitative estimate of drug-likeness (QED) is 0.191. The van der Waals surface area contributed by atoms with E-state index in [1.54, 1.807) is 0 Å². The van der Waals surface area contributed by atoms with Gasteiger partial charge in [0.05, 0.1) is 33.1 Å². The van der Waals surface area contributed by atoms with Crippen LogP contribution in [0.15, 0.2) is 164 Å². The third kappa shape index (κ3) is 4.38. The largest absolute Gasteiger partial charge is 0.309 e. The monoisotopic (exact) mass is 646 g/mol. The Hall–Kier alpha value is -6.23. The van der Waals surface area contributed by atoms with Gasteiger partial charge in [-0.25, -0.2) is 9.97 Å². The Morgan fingerprint density at radius 1 is 0.367 bits per heavy atom. The Kier molecular flexibility index (Phi) is 6.20. The van der Waals surface area contributed by atoms with Crippen molar-refractivity contribution in [1.82, 2.24) is 19.1 Å². The minimum atomic E-state index is 0.368. The summed E-state index contributed by atoms with van der Waals surface area (Å²) in [7, 11) is 0. The first-order valence-corrected chi connectivity index (χ1v) is 16.7. The van der Waals surface area contributed by atoms with E-state index in [9.17, 15) is 0 Å². The molecular formula is C44H27ClN4. The van der Waals surface area contributed by atoms with Gasteiger partial charge in [-0.3, -0.25) is 4.57 Å². The summed E-state index contributed by atoms with van der Waals surface area (Å²) in [5.41, 5.74) is 11.8. The molecule has 5 heteroatoms. The van der Waals surface area contributed by atoms with E-state index in [-0.39, 0.29) is 0 Å². The molecule has 0 N–H and O–H groups in total. The Labute approximate surface area is 287 Å². The van der Waals surface area contributed by atoms with Crippen molar-refractivity contribution < 1.29 is 0 Å². The molecular weight excluding hydrogens is 620 g/mol. The van der Waals surface area contributed by atoms with Gasteiger partial charge < -0.3 is 4.57 Å². The van der Waals surface area contributed by atoms with Gasteiger partial charge in [-0.1, -0.05) is 115 Å². The zero-order valence-corrected chi connectivity index (χ0v) is 27.0. The first kappa shape index (κ1) is 27.8. The summed E-state index contributed by atoms with van der Waals surface area (Å²) in [6, 6.07) is 57.7. The average Bonchev–Trinajstić information content (AvgIpc) is 3.67. The average molecular weight is 647 g/mol. The maximum absolute atomic E-state index is 6.93. The standard InChI is InChI=1S/C44H27ClN4/c45-43-44(47-38-17-9-8-16-37(38)46-43)49-41-24-21-30(26-36(41)34-22-19-31(27-42(34)49)28-11-3-1-4-12-28)29-20-23-40-35(25-29)33-15-7-10-18-39(33)48(40)32-13-5-2-6-14-32/h1-27H. The molecule has 0 bridgehead atoms. The summed E-state index contributed by atoms with van der Waals surface area (Å²) in [5, 5.41) is 5.09. The molecule has 0 aliphatic heterocycles. The van der Waals surface area contributed by atoms with Crippen LogP contribution in [0.2, 0.25) is 5.15 Å². The van der Waals surface area contributed by atoms with Crippen molar-refractivity contribution in [2.24, 2.45) is 0 Å². The molecule has 3 heterocycles. The Morgan fingerprint density at radius 3 is 1.63 bits per heavy atom. The highest BCUT2D eigenvalue weighted by Gasteiger charge is 2.19. The summed E-state index contributed by atoms with van der Waals surface area (Å²) in [4.78, 5) is 9.81. The normalized spacial score (nSPS) is 11.8. The lowest BCUT2D eigenvalue weighted by molar-refractivity contribution is 1.08. The van der Waals surface area contributed by atoms with Crippen molar-refractivity contribution >= 4 is 66.2 Å². The van der Waals surface area contributed by atoms with Crippen molar-refractivity contribution in [2.75, 3.05) is 0 Å². The number of fused-ring (bicyclic) bond motifs is 7. The molecule has 0 spiro atoms. The maximum atomic E-state index is 6.93. The van der Waals surface area contributed by atoms with E-state index in [0.29, 0.717) is 11.0 Å². The van der Waals surface area contributed by atoms with Crippen LogP contribution in [0.4, 0.5) is 0 Å². The fourth-order valence-electron chi connectivity index (χ4n) is 7.36. The van der Waals surface area contributed by atoms with E-state index in [0.717, 1.165) is 60.8 Å². The van der Waals surface area contributed by atoms with Gasteiger partial charge in [0.1, 0.15) is 0 Å². The Balaban J connectivity index is 1.21. The molecule has 0 radical (unpaired) electrons. The summed E-state index contributed by atoms with van der Waals surface area (Å²) < 4.78 is 4.52. The number of para-hydroxylation sites is 4. The maximum Gasteiger partial charge on any atom is 0.176 e. The number of halogens is 1. The second-order valence-corrected chi connectivity index (χ2v) is 12.8. The van der Waals surface area contributed by atoms with Gasteiger partial charge in [0.2, 0.25) is 0 Å². The van der Waals surface area contributed by atoms with Crippen LogP contribution < -0.4 is 0 Å². The van der Waals surface area contributed by atoms with Gasteiger partial charge in [-0.05, 0) is 82.9 Å². The molecule has 0 saturated carbocycles. The second-order valence-electron chi connectivity index (χ2n) is 12.4. The highest BCUT2D eigenvalue weighted by Crippen LogP contribution is 2.40. The molecule has 7 aromatic carbocycles. The fraction of sp³-hybridized carbons (Fsp3) is 0. The van der Waals surface area contributed by atoms with E-state index in [1.165, 1.54) is 21.8 Å². The lowest BCUT2D eigenvalue weighted by Crippen LogP contribution is -2.01. The molecule has 49 heavy (non-hydrogen) atoms. The van der Waals surface area contributed by atoms with E-state index in [4.69, 9.17) is 21.6 Å². The first-order valence-electron chi connectivity index (χ1n) is 16.4. The summed E-state index contributed by atoms with van der Waals surface area (Å²) in [6.45, 7) is 0. The van der Waals surface area contributed by atoms with Crippen LogP contribution in [-0.2, 0) is 0 Å². The molecule has 10 aromatic rings. The number of hydrogen-bond donors (Lipinski definition) is 0. The fourth-order valence-corrected chi connectivity index (χ4v) is 7.58. The molecule has 230 valence electrons. The van der Waals surface area contributed by atoms with Gasteiger partial charge in [0, 0.05) is 27.2 Å². The number of benzene rings is 7. The number of rotatable bonds is 4. The molecule has 0 fully saturated rings. The Morgan fingerprint density at radius 2 is 0.898 bits per heavy atom. The van der Waals surface area contributed by atoms with Gasteiger partial charge in [0.15, 0.2) is 11.0 Å². The molecule has 3 aromatic heterocycles. The summed E-state index contributed by atoms with van der Waals surface area (Å²) >= 11 is 6.93. The van der Waals surface area contributed by atoms with Gasteiger partial charge in [-0.15, -0.1) is 0 Å². The minimum absolute atomic E-state index is 0.368. The number of nitrogens with zero attached hydrogens (tertiary/aromatic N) is 4. The van der Waals surface area contributed by atoms with Crippen molar-refractivity contribution in [3.05, 3.63) is 169 Å². The highest BCUT2D eigenvalue weighted by atomic mass is 35.5. The topological polar surface area (TPSA) is 35.6 Å². The third-order valence-corrected chi connectivity index (χ3v) is 9.87. The molecule has 4 nitrogen and oxygen atoms in total. The van der Waals surface area contributed by atoms with E-state index >= 15 is 0 Å². The SMILES string of the molecule is Clc1nc2ccccc2nc1-n1c2ccc(-c3ccc4c(c3)c3ccccc3n4-c3ccccc3)cc2c2ccc(-c3ccccc3)cc21. The van der Waals surface area contributed by atoms with E-state index < -0.39 is 0 Å². The molecule has 0 aliphatic rings. The van der Waals surface area contributed by atoms with Crippen molar-refractivity contribution in [1.29, 1.82) is 0 Å². The van der Waals surface area contributed by atoms with Crippen LogP contribution in [0, 0.1) is 0 Å². The lowest BCUT2D eigenvalue weighted by Gasteiger charge is -2.11. The predicted octanol–water partition coefficient (Wildman–Crippen LogP) is 11.8. The predicted molar refractivity (Wildman–Crippen MR) is 204 cm³/mol. The zero-order valence-electron chi connectivity index (χ0n) is 26.3. The van der Waals surface area contributed by atoms with Crippen LogP contribution in [0.1, 0.15) is 0 Å². The molecule has 0 atom stereocenters. The van der Waals surface area contributed by atoms with Crippen LogP contribution in [0.25, 0.3) is 88.4 Å². The first-order chi connectivity index (χ1) is 24.2. The lowest BCUT2D eigenvalue weighted by atomic mass is 9.99. The van der Waals surface area contributed by atoms with Crippen molar-refractivity contribution in [3.8, 4) is 33.8 Å². The molecule has 0 amide bonds. The van der Waals surface area contributed by atoms with Crippen LogP contribution in [-0.4, -0.2) is 19.1 Å². The van der Waals surface area contributed by atoms with Gasteiger partial charge >= 0.3 is 0 Å². The summed E-state index contributed by atoms with van der Waals surface area (Å²) in [5.74, 6) is 0.619. The smallest absolute Gasteiger partial charge is 0.176 e. The molecule has 10 rings (SSSR count). The van der Waals surface area contributed by atoms with Crippen LogP contribution in [0.5, 0.6) is 0 Å². The van der Waals surface area contributed by atoms with Crippen LogP contribution >= 0.6 is 11.6 Å². The molecule has 0 unspecified atom stereocenters. The highest BCUT2D eigenvalue weighted by molar-refractivity contribution is 6.31. The summed E-state index contributed by atoms with van der Waals surface area (Å²) in [6.07, 6.45) is 0. The van der Waals surface area contributed by atoms with Crippen molar-refractivity contribution in [3.63, 3.8) is 0 Å². The van der Waals surface area contributed by atoms with E-state index in [1.807, 2.05) is 30.3 Å². The van der Waals surface area contributed by atoms with Gasteiger partial charge in [0.25, 0.3) is 0 Å². The number of aromatic nitrogens is 4. The van der Waals surface area contributed by atoms with Crippen molar-refractivity contribution in [2.45, 2.75) is 0 Å². The zero-order chi connectivity index (χ0) is 32.5. The second kappa shape index (κ2) is 10.9.